The lowest BCUT2D eigenvalue weighted by atomic mass is 10.1. The minimum absolute atomic E-state index is 0.768. The molecule has 1 saturated heterocycles. The number of rotatable bonds is 2. The Hall–Kier alpha value is -1.62. The highest BCUT2D eigenvalue weighted by Crippen LogP contribution is 2.33. The van der Waals surface area contributed by atoms with Gasteiger partial charge in [0.1, 0.15) is 0 Å². The van der Waals surface area contributed by atoms with Crippen molar-refractivity contribution in [1.29, 1.82) is 0 Å². The number of nitrogen functional groups attached to an aromatic ring is 1. The van der Waals surface area contributed by atoms with E-state index in [9.17, 15) is 0 Å². The van der Waals surface area contributed by atoms with Crippen molar-refractivity contribution in [2.75, 3.05) is 23.7 Å². The van der Waals surface area contributed by atoms with Crippen molar-refractivity contribution in [1.82, 2.24) is 10.2 Å². The van der Waals surface area contributed by atoms with Gasteiger partial charge in [-0.15, -0.1) is 10.2 Å². The molecule has 2 N–H and O–H groups in total. The molecular weight excluding hydrogens is 244 g/mol. The number of nitrogens with two attached hydrogens (primary N) is 1. The normalized spacial score (nSPS) is 15.3. The Morgan fingerprint density at radius 2 is 2.00 bits per heavy atom. The van der Waals surface area contributed by atoms with Crippen molar-refractivity contribution >= 4 is 22.2 Å². The highest BCUT2D eigenvalue weighted by atomic mass is 32.1. The van der Waals surface area contributed by atoms with E-state index in [2.05, 4.69) is 28.1 Å². The van der Waals surface area contributed by atoms with Gasteiger partial charge in [0.2, 0.25) is 5.13 Å². The minimum Gasteiger partial charge on any atom is -0.398 e. The molecule has 0 saturated carbocycles. The van der Waals surface area contributed by atoms with Crippen molar-refractivity contribution < 1.29 is 0 Å². The van der Waals surface area contributed by atoms with E-state index in [1.165, 1.54) is 18.4 Å². The van der Waals surface area contributed by atoms with Gasteiger partial charge in [-0.25, -0.2) is 0 Å². The van der Waals surface area contributed by atoms with Crippen LogP contribution in [0.25, 0.3) is 10.6 Å². The molecule has 0 bridgehead atoms. The van der Waals surface area contributed by atoms with Crippen molar-refractivity contribution in [3.8, 4) is 10.6 Å². The SMILES string of the molecule is Cc1ccc(N)c(-c2nnc(N3CCCC3)s2)c1. The van der Waals surface area contributed by atoms with Gasteiger partial charge in [-0.05, 0) is 31.9 Å². The third-order valence-electron chi connectivity index (χ3n) is 3.23. The Labute approximate surface area is 110 Å². The van der Waals surface area contributed by atoms with Gasteiger partial charge in [0.05, 0.1) is 0 Å². The van der Waals surface area contributed by atoms with Gasteiger partial charge in [-0.1, -0.05) is 23.0 Å². The molecule has 0 spiro atoms. The summed E-state index contributed by atoms with van der Waals surface area (Å²) in [6.07, 6.45) is 2.50. The Bertz CT molecular complexity index is 558. The first-order valence-electron chi connectivity index (χ1n) is 6.19. The topological polar surface area (TPSA) is 55.0 Å². The van der Waals surface area contributed by atoms with Crippen LogP contribution in [-0.4, -0.2) is 23.3 Å². The Morgan fingerprint density at radius 1 is 1.22 bits per heavy atom. The summed E-state index contributed by atoms with van der Waals surface area (Å²) in [6.45, 7) is 4.25. The zero-order valence-corrected chi connectivity index (χ0v) is 11.2. The highest BCUT2D eigenvalue weighted by molar-refractivity contribution is 7.18. The summed E-state index contributed by atoms with van der Waals surface area (Å²) in [4.78, 5) is 2.30. The van der Waals surface area contributed by atoms with Gasteiger partial charge >= 0.3 is 0 Å². The molecule has 1 aromatic carbocycles. The van der Waals surface area contributed by atoms with E-state index >= 15 is 0 Å². The first kappa shape index (κ1) is 11.5. The van der Waals surface area contributed by atoms with Crippen molar-refractivity contribution in [2.24, 2.45) is 0 Å². The summed E-state index contributed by atoms with van der Waals surface area (Å²) in [6, 6.07) is 6.02. The molecule has 3 rings (SSSR count). The number of aromatic nitrogens is 2. The average Bonchev–Trinajstić information content (AvgIpc) is 3.00. The van der Waals surface area contributed by atoms with E-state index < -0.39 is 0 Å². The van der Waals surface area contributed by atoms with Crippen LogP contribution in [0, 0.1) is 6.92 Å². The van der Waals surface area contributed by atoms with Crippen LogP contribution in [0.1, 0.15) is 18.4 Å². The van der Waals surface area contributed by atoms with E-state index in [1.807, 2.05) is 12.1 Å². The third-order valence-corrected chi connectivity index (χ3v) is 4.25. The molecule has 2 aromatic rings. The Morgan fingerprint density at radius 3 is 2.78 bits per heavy atom. The maximum Gasteiger partial charge on any atom is 0.208 e. The molecule has 94 valence electrons. The number of hydrogen-bond acceptors (Lipinski definition) is 5. The quantitative estimate of drug-likeness (QED) is 0.843. The smallest absolute Gasteiger partial charge is 0.208 e. The second-order valence-corrected chi connectivity index (χ2v) is 5.63. The molecular formula is C13H16N4S. The van der Waals surface area contributed by atoms with Crippen LogP contribution in [0.3, 0.4) is 0 Å². The largest absolute Gasteiger partial charge is 0.398 e. The molecule has 4 nitrogen and oxygen atoms in total. The van der Waals surface area contributed by atoms with Gasteiger partial charge in [0, 0.05) is 24.3 Å². The van der Waals surface area contributed by atoms with Gasteiger partial charge < -0.3 is 10.6 Å². The number of benzene rings is 1. The number of anilines is 2. The fourth-order valence-electron chi connectivity index (χ4n) is 2.22. The van der Waals surface area contributed by atoms with Crippen molar-refractivity contribution in [2.45, 2.75) is 19.8 Å². The zero-order chi connectivity index (χ0) is 12.5. The van der Waals surface area contributed by atoms with E-state index in [0.717, 1.165) is 34.5 Å². The fourth-order valence-corrected chi connectivity index (χ4v) is 3.15. The average molecular weight is 260 g/mol. The van der Waals surface area contributed by atoms with Gasteiger partial charge in [-0.3, -0.25) is 0 Å². The van der Waals surface area contributed by atoms with Crippen LogP contribution in [0.2, 0.25) is 0 Å². The van der Waals surface area contributed by atoms with Crippen LogP contribution in [-0.2, 0) is 0 Å². The van der Waals surface area contributed by atoms with Crippen molar-refractivity contribution in [3.05, 3.63) is 23.8 Å². The van der Waals surface area contributed by atoms with Crippen LogP contribution >= 0.6 is 11.3 Å². The van der Waals surface area contributed by atoms with E-state index in [0.29, 0.717) is 0 Å². The number of hydrogen-bond donors (Lipinski definition) is 1. The number of aryl methyl sites for hydroxylation is 1. The van der Waals surface area contributed by atoms with E-state index in [1.54, 1.807) is 11.3 Å². The predicted molar refractivity (Wildman–Crippen MR) is 75.9 cm³/mol. The predicted octanol–water partition coefficient (Wildman–Crippen LogP) is 2.70. The highest BCUT2D eigenvalue weighted by Gasteiger charge is 2.18. The maximum absolute atomic E-state index is 6.01. The van der Waals surface area contributed by atoms with E-state index in [4.69, 9.17) is 5.73 Å². The van der Waals surface area contributed by atoms with Crippen LogP contribution in [0.5, 0.6) is 0 Å². The van der Waals surface area contributed by atoms with Crippen LogP contribution in [0.4, 0.5) is 10.8 Å². The van der Waals surface area contributed by atoms with Gasteiger partial charge in [0.15, 0.2) is 5.01 Å². The molecule has 1 aliphatic rings. The lowest BCUT2D eigenvalue weighted by Gasteiger charge is -2.11. The lowest BCUT2D eigenvalue weighted by Crippen LogP contribution is -2.17. The molecule has 0 radical (unpaired) electrons. The number of nitrogens with zero attached hydrogens (tertiary/aromatic N) is 3. The lowest BCUT2D eigenvalue weighted by molar-refractivity contribution is 0.929. The molecule has 5 heteroatoms. The molecule has 0 amide bonds. The fraction of sp³-hybridized carbons (Fsp3) is 0.385. The van der Waals surface area contributed by atoms with E-state index in [-0.39, 0.29) is 0 Å². The maximum atomic E-state index is 6.01. The molecule has 18 heavy (non-hydrogen) atoms. The van der Waals surface area contributed by atoms with Crippen LogP contribution in [0.15, 0.2) is 18.2 Å². The molecule has 0 unspecified atom stereocenters. The molecule has 1 aromatic heterocycles. The second kappa shape index (κ2) is 4.57. The molecule has 0 atom stereocenters. The summed E-state index contributed by atoms with van der Waals surface area (Å²) < 4.78 is 0. The third kappa shape index (κ3) is 2.06. The second-order valence-electron chi connectivity index (χ2n) is 4.67. The zero-order valence-electron chi connectivity index (χ0n) is 10.4. The van der Waals surface area contributed by atoms with Gasteiger partial charge in [-0.2, -0.15) is 0 Å². The summed E-state index contributed by atoms with van der Waals surface area (Å²) >= 11 is 1.63. The first-order valence-corrected chi connectivity index (χ1v) is 7.00. The molecule has 0 aliphatic carbocycles. The van der Waals surface area contributed by atoms with Gasteiger partial charge in [0.25, 0.3) is 0 Å². The Balaban J connectivity index is 1.94. The van der Waals surface area contributed by atoms with Crippen LogP contribution < -0.4 is 10.6 Å². The standard InChI is InChI=1S/C13H16N4S/c1-9-4-5-11(14)10(8-9)12-15-16-13(18-12)17-6-2-3-7-17/h4-5,8H,2-3,6-7,14H2,1H3. The minimum atomic E-state index is 0.768. The van der Waals surface area contributed by atoms with Crippen molar-refractivity contribution in [3.63, 3.8) is 0 Å². The summed E-state index contributed by atoms with van der Waals surface area (Å²) in [7, 11) is 0. The molecule has 2 heterocycles. The monoisotopic (exact) mass is 260 g/mol. The molecule has 1 aliphatic heterocycles. The molecule has 1 fully saturated rings. The summed E-state index contributed by atoms with van der Waals surface area (Å²) in [5.41, 5.74) is 8.97. The summed E-state index contributed by atoms with van der Waals surface area (Å²) in [5.74, 6) is 0. The first-order chi connectivity index (χ1) is 8.74. The summed E-state index contributed by atoms with van der Waals surface area (Å²) in [5, 5.41) is 10.5. The Kier molecular flexibility index (Phi) is 2.91.